The van der Waals surface area contributed by atoms with Crippen molar-refractivity contribution in [1.82, 2.24) is 0 Å². The van der Waals surface area contributed by atoms with E-state index in [2.05, 4.69) is 67.1 Å². The number of esters is 2. The number of fused-ring (bicyclic) bond motifs is 8. The predicted octanol–water partition coefficient (Wildman–Crippen LogP) is 12.4. The number of carbonyl (C=O) groups excluding carboxylic acids is 8. The molecule has 0 aromatic carbocycles. The normalized spacial score (nSPS) is 28.8. The Labute approximate surface area is 585 Å². The Bertz CT molecular complexity index is 1720. The van der Waals surface area contributed by atoms with E-state index in [1.165, 1.54) is 65.7 Å². The molecule has 0 aliphatic heterocycles. The van der Waals surface area contributed by atoms with Gasteiger partial charge in [0.05, 0.1) is 24.4 Å². The minimum Gasteiger partial charge on any atom is -0.870 e. The molecule has 9 aliphatic rings. The monoisotopic (exact) mass is 1670 g/mol. The van der Waals surface area contributed by atoms with Crippen LogP contribution in [-0.4, -0.2) is 91.1 Å². The Morgan fingerprint density at radius 3 is 1.62 bits per heavy atom. The molecule has 78 heavy (non-hydrogen) atoms. The molecule has 449 valence electrons. The summed E-state index contributed by atoms with van der Waals surface area (Å²) >= 11 is 13.2. The van der Waals surface area contributed by atoms with Gasteiger partial charge in [0.25, 0.3) is 0 Å². The fraction of sp³-hybridized carbons (Fsp3) is 0.789. The SMILES string of the molecule is BrP(Br)Br.C.CC.CCOC(=O)C1C(=O)CC2(O)CCCC1C2.CCOC(=O)CC(C)=O.O=C1C=CCCC1.O=C1CC2CCCC(Br)(C1)C2.O=C1CC2CCCC(C1)C2.O=C1CC2CCCC(O)(C1)C2.[3H]C.[CH3-].[CH3-].[K+].[OH-].[U].[V]. The maximum absolute atomic E-state index is 11.9. The van der Waals surface area contributed by atoms with E-state index in [-0.39, 0.29) is 179 Å². The minimum atomic E-state index is -0.844. The Morgan fingerprint density at radius 2 is 1.17 bits per heavy atom. The summed E-state index contributed by atoms with van der Waals surface area (Å²) in [4.78, 5) is 88.0. The number of rotatable bonds is 5. The van der Waals surface area contributed by atoms with Crippen LogP contribution in [0.3, 0.4) is 0 Å². The van der Waals surface area contributed by atoms with Gasteiger partial charge < -0.3 is 40.0 Å². The van der Waals surface area contributed by atoms with Crippen molar-refractivity contribution in [3.05, 3.63) is 27.0 Å². The van der Waals surface area contributed by atoms with Crippen LogP contribution >= 0.6 is 66.4 Å². The van der Waals surface area contributed by atoms with Crippen molar-refractivity contribution in [3.8, 4) is 0 Å². The number of hydrogen-bond donors (Lipinski definition) is 2. The fourth-order valence-corrected chi connectivity index (χ4v) is 12.8. The third-order valence-corrected chi connectivity index (χ3v) is 15.3. The number of aliphatic hydroxyl groups is 2. The van der Waals surface area contributed by atoms with Crippen LogP contribution in [0.5, 0.6) is 0 Å². The van der Waals surface area contributed by atoms with Crippen LogP contribution < -0.4 is 51.4 Å². The van der Waals surface area contributed by atoms with Crippen LogP contribution in [0.1, 0.15) is 224 Å². The van der Waals surface area contributed by atoms with Crippen LogP contribution in [0.4, 0.5) is 0 Å². The number of ketones is 6. The summed E-state index contributed by atoms with van der Waals surface area (Å²) in [5, 5.41) is 20.0. The van der Waals surface area contributed by atoms with Crippen LogP contribution in [0.2, 0.25) is 0 Å². The Kier molecular flexibility index (Phi) is 58.8. The molecule has 9 aliphatic carbocycles. The summed E-state index contributed by atoms with van der Waals surface area (Å²) in [5.41, 5.74) is -1.44. The first-order valence-corrected chi connectivity index (χ1v) is 34.2. The zero-order valence-corrected chi connectivity index (χ0v) is 63.9. The minimum absolute atomic E-state index is 0. The van der Waals surface area contributed by atoms with Gasteiger partial charge in [-0.05, 0) is 180 Å². The number of Topliss-reactive ketones (excluding diaryl/α,β-unsaturated/α-hetero) is 5. The van der Waals surface area contributed by atoms with Gasteiger partial charge in [-0.2, -0.15) is 0 Å². The van der Waals surface area contributed by atoms with Gasteiger partial charge in [0.1, 0.15) is 45.3 Å². The van der Waals surface area contributed by atoms with Gasteiger partial charge in [0, 0.05) is 107 Å². The predicted molar refractivity (Wildman–Crippen MR) is 319 cm³/mol. The largest absolute Gasteiger partial charge is 1.00 e. The topological polar surface area (TPSA) is 225 Å². The van der Waals surface area contributed by atoms with E-state index in [1.807, 2.05) is 19.9 Å². The zero-order valence-electron chi connectivity index (χ0n) is 49.0. The Hall–Kier alpha value is 2.20. The molecule has 0 heterocycles. The van der Waals surface area contributed by atoms with E-state index in [9.17, 15) is 48.6 Å². The molecule has 0 amide bonds. The summed E-state index contributed by atoms with van der Waals surface area (Å²) in [6.07, 6.45) is 28.5. The van der Waals surface area contributed by atoms with Crippen LogP contribution in [0, 0.1) is 81.5 Å². The third kappa shape index (κ3) is 39.1. The van der Waals surface area contributed by atoms with E-state index in [1.54, 1.807) is 19.9 Å². The summed E-state index contributed by atoms with van der Waals surface area (Å²) < 4.78 is 15.2. The summed E-state index contributed by atoms with van der Waals surface area (Å²) in [6, 6.07) is 0. The standard InChI is InChI=1S/C12H18O4.C9H13BrO.C9H14O2.C9H14O.C6H10O3.C6H8O.C2H6.2CH4.2CH3.Br3P.K.H2O.U.V/c1-2-16-11(14)10-8-4-3-5-12(15,6-8)7-9(10)13;10-9-3-1-2-7(5-9)4-8(11)6-9;10-8-4-7-2-1-3-9(11,5-7)6-8;10-9-5-7-2-1-3-8(4-7)6-9;1-3-9-6(8)4-5(2)7;7-6-4-2-1-3-5-6;1-2;;;;;1-4(2)3;;;;/h8,10,15H,2-7H2,1H3;7H,1-6H2;7,11H,1-6H2;7-8H,1-6H2;3-4H2,1-2H3;2,4H,1,3,5H2;1-2H3;2*1H4;2*1H3;;;1H2;;/q;;;;;;;;;2*-1;;+1;;;/p-1/i;;;;;;;1T;;;;;;;;. The fourth-order valence-electron chi connectivity index (χ4n) is 11.8. The van der Waals surface area contributed by atoms with E-state index in [0.29, 0.717) is 55.9 Å². The van der Waals surface area contributed by atoms with Crippen LogP contribution in [0.25, 0.3) is 0 Å². The number of hydrogen-bond acceptors (Lipinski definition) is 13. The molecule has 0 aromatic heterocycles. The molecule has 0 spiro atoms. The third-order valence-electron chi connectivity index (χ3n) is 14.3. The summed E-state index contributed by atoms with van der Waals surface area (Å²) in [5.74, 6) is 2.52. The first kappa shape index (κ1) is 91.4. The first-order valence-electron chi connectivity index (χ1n) is 27.1. The van der Waals surface area contributed by atoms with Crippen molar-refractivity contribution < 1.29 is 166 Å². The maximum atomic E-state index is 11.9. The van der Waals surface area contributed by atoms with Gasteiger partial charge in [-0.15, -0.1) is 0 Å². The molecule has 0 aromatic rings. The van der Waals surface area contributed by atoms with Gasteiger partial charge in [-0.1, -0.05) is 89.2 Å². The second-order valence-corrected chi connectivity index (χ2v) is 37.6. The number of carbonyl (C=O) groups is 8. The van der Waals surface area contributed by atoms with Crippen molar-refractivity contribution in [2.45, 2.75) is 238 Å². The molecule has 8 saturated carbocycles. The van der Waals surface area contributed by atoms with Gasteiger partial charge in [0.15, 0.2) is 5.78 Å². The van der Waals surface area contributed by atoms with E-state index < -0.39 is 29.1 Å². The number of allylic oxidation sites excluding steroid dienone is 2. The molecular weight excluding hydrogens is 1570 g/mol. The molecule has 13 nitrogen and oxygen atoms in total. The molecule has 8 bridgehead atoms. The first-order chi connectivity index (χ1) is 34.0. The smallest absolute Gasteiger partial charge is 0.870 e. The van der Waals surface area contributed by atoms with Crippen molar-refractivity contribution in [3.63, 3.8) is 0 Å². The quantitative estimate of drug-likeness (QED) is 0.0653. The van der Waals surface area contributed by atoms with Crippen molar-refractivity contribution in [1.29, 1.82) is 0 Å². The van der Waals surface area contributed by atoms with Crippen molar-refractivity contribution >= 4 is 113 Å². The van der Waals surface area contributed by atoms with E-state index in [4.69, 9.17) is 6.11 Å². The van der Waals surface area contributed by atoms with Crippen molar-refractivity contribution in [2.24, 2.45) is 35.5 Å². The van der Waals surface area contributed by atoms with Gasteiger partial charge in [-0.25, -0.2) is 0 Å². The average Bonchev–Trinajstić information content (AvgIpc) is 3.27. The van der Waals surface area contributed by atoms with E-state index >= 15 is 0 Å². The number of alkyl halides is 1. The molecule has 21 heteroatoms. The molecular formula is C57H98Br4KO13PUV-2. The van der Waals surface area contributed by atoms with Gasteiger partial charge >= 0.3 is 63.3 Å². The van der Waals surface area contributed by atoms with Crippen LogP contribution in [-0.2, 0) is 66.4 Å². The zero-order chi connectivity index (χ0) is 54.5. The molecule has 0 saturated heterocycles. The van der Waals surface area contributed by atoms with Crippen molar-refractivity contribution in [2.75, 3.05) is 13.2 Å². The number of halogens is 4. The molecule has 9 unspecified atom stereocenters. The van der Waals surface area contributed by atoms with Gasteiger partial charge in [-0.3, -0.25) is 38.4 Å². The molecule has 8 fully saturated rings. The summed E-state index contributed by atoms with van der Waals surface area (Å²) in [7, 11) is 1.25. The van der Waals surface area contributed by atoms with Crippen LogP contribution in [0.15, 0.2) is 12.2 Å². The molecule has 9 rings (SSSR count). The van der Waals surface area contributed by atoms with E-state index in [0.717, 1.165) is 102 Å². The molecule has 9 atom stereocenters. The second-order valence-electron chi connectivity index (χ2n) is 20.6. The molecule has 1 radical (unpaired) electrons. The molecule has 3 N–H and O–H groups in total. The number of ether oxygens (including phenoxy) is 2. The Morgan fingerprint density at radius 1 is 0.705 bits per heavy atom. The second kappa shape index (κ2) is 50.2. The Balaban J connectivity index is -0.000000153. The van der Waals surface area contributed by atoms with Gasteiger partial charge in [0.2, 0.25) is 0 Å². The summed E-state index contributed by atoms with van der Waals surface area (Å²) in [6.45, 7) is 9.45. The average molecular weight is 1670 g/mol. The maximum Gasteiger partial charge on any atom is 1.00 e.